The van der Waals surface area contributed by atoms with Gasteiger partial charge in [0.15, 0.2) is 0 Å². The zero-order valence-corrected chi connectivity index (χ0v) is 26.6. The fourth-order valence-electron chi connectivity index (χ4n) is 7.77. The monoisotopic (exact) mass is 662 g/mol. The number of amides is 3. The van der Waals surface area contributed by atoms with E-state index in [1.165, 1.54) is 4.90 Å². The third kappa shape index (κ3) is 4.82. The van der Waals surface area contributed by atoms with Crippen LogP contribution in [0.25, 0.3) is 16.5 Å². The lowest BCUT2D eigenvalue weighted by Crippen LogP contribution is -2.54. The summed E-state index contributed by atoms with van der Waals surface area (Å²) in [5.41, 5.74) is 2.87. The molecule has 230 valence electrons. The van der Waals surface area contributed by atoms with Gasteiger partial charge in [-0.2, -0.15) is 0 Å². The van der Waals surface area contributed by atoms with Crippen LogP contribution < -0.4 is 5.32 Å². The maximum atomic E-state index is 15.3. The maximum Gasteiger partial charge on any atom is 0.410 e. The molecule has 1 saturated carbocycles. The molecule has 3 fully saturated rings. The van der Waals surface area contributed by atoms with Gasteiger partial charge < -0.3 is 24.8 Å². The van der Waals surface area contributed by atoms with Crippen molar-refractivity contribution >= 4 is 56.0 Å². The number of aromatic nitrogens is 1. The molecular weight excluding hydrogens is 627 g/mol. The fourth-order valence-corrected chi connectivity index (χ4v) is 8.22. The lowest BCUT2D eigenvalue weighted by atomic mass is 9.74. The van der Waals surface area contributed by atoms with Gasteiger partial charge in [0, 0.05) is 45.7 Å². The standard InChI is InChI=1S/C34H36BrFN4O4/c1-33(2,3)44-32(43)39-12-9-34(10-13-39)18-23(21-6-4-5-7-24(21)34)31(42)40-28-15-19(14-25(28)36)29(40)30(41)38-27-17-20(35)16-26-22(27)8-11-37-26/h4-8,11,16-19,25,28-29,37H,9-10,12-15H2,1-3H3,(H,38,41)/t19?,25-,28?,29-/m1/s1. The van der Waals surface area contributed by atoms with Crippen LogP contribution in [0.15, 0.2) is 59.2 Å². The van der Waals surface area contributed by atoms with Crippen molar-refractivity contribution in [3.8, 4) is 0 Å². The van der Waals surface area contributed by atoms with Gasteiger partial charge in [0.25, 0.3) is 5.91 Å². The van der Waals surface area contributed by atoms with Crippen molar-refractivity contribution in [1.29, 1.82) is 0 Å². The molecule has 2 aliphatic carbocycles. The Labute approximate surface area is 264 Å². The highest BCUT2D eigenvalue weighted by atomic mass is 79.9. The van der Waals surface area contributed by atoms with E-state index in [0.29, 0.717) is 43.6 Å². The molecule has 10 heteroatoms. The number of nitrogens with zero attached hydrogens (tertiary/aromatic N) is 2. The van der Waals surface area contributed by atoms with Crippen molar-refractivity contribution in [3.63, 3.8) is 0 Å². The molecule has 4 aliphatic rings. The van der Waals surface area contributed by atoms with Crippen LogP contribution >= 0.6 is 15.9 Å². The molecule has 2 bridgehead atoms. The summed E-state index contributed by atoms with van der Waals surface area (Å²) in [6.07, 6.45) is 4.34. The maximum absolute atomic E-state index is 15.3. The van der Waals surface area contributed by atoms with E-state index in [9.17, 15) is 14.4 Å². The van der Waals surface area contributed by atoms with E-state index >= 15 is 4.39 Å². The van der Waals surface area contributed by atoms with E-state index in [1.54, 1.807) is 4.90 Å². The number of hydrogen-bond acceptors (Lipinski definition) is 4. The number of alkyl halides is 1. The van der Waals surface area contributed by atoms with Gasteiger partial charge in [0.2, 0.25) is 5.91 Å². The SMILES string of the molecule is CC(C)(C)OC(=O)N1CCC2(C=C(C(=O)N3C4CC(C[C@H]4F)[C@@H]3C(=O)Nc3cc(Br)cc4[nH]ccc34)c3ccccc32)CC1. The Morgan fingerprint density at radius 2 is 1.84 bits per heavy atom. The van der Waals surface area contributed by atoms with Gasteiger partial charge in [0.05, 0.1) is 11.7 Å². The van der Waals surface area contributed by atoms with E-state index < -0.39 is 29.3 Å². The summed E-state index contributed by atoms with van der Waals surface area (Å²) in [5.74, 6) is -0.860. The molecule has 4 atom stereocenters. The van der Waals surface area contributed by atoms with E-state index in [2.05, 4.69) is 26.2 Å². The second-order valence-electron chi connectivity index (χ2n) is 13.6. The van der Waals surface area contributed by atoms with Gasteiger partial charge in [0.1, 0.15) is 17.8 Å². The number of ether oxygens (including phenoxy) is 1. The number of carbonyl (C=O) groups excluding carboxylic acids is 3. The number of piperidine rings is 2. The van der Waals surface area contributed by atoms with Gasteiger partial charge >= 0.3 is 6.09 Å². The van der Waals surface area contributed by atoms with Crippen molar-refractivity contribution < 1.29 is 23.5 Å². The number of benzene rings is 2. The first-order valence-corrected chi connectivity index (χ1v) is 16.1. The molecule has 1 spiro atoms. The van der Waals surface area contributed by atoms with Gasteiger partial charge in [-0.05, 0) is 81.7 Å². The summed E-state index contributed by atoms with van der Waals surface area (Å²) >= 11 is 3.51. The first-order valence-electron chi connectivity index (χ1n) is 15.3. The highest BCUT2D eigenvalue weighted by molar-refractivity contribution is 9.10. The zero-order chi connectivity index (χ0) is 31.0. The molecule has 8 nitrogen and oxygen atoms in total. The first kappa shape index (κ1) is 29.1. The number of rotatable bonds is 3. The molecular formula is C34H36BrFN4O4. The summed E-state index contributed by atoms with van der Waals surface area (Å²) in [4.78, 5) is 47.6. The van der Waals surface area contributed by atoms with Crippen molar-refractivity contribution in [2.45, 2.75) is 75.7 Å². The molecule has 0 radical (unpaired) electrons. The Balaban J connectivity index is 1.18. The van der Waals surface area contributed by atoms with Crippen molar-refractivity contribution in [2.24, 2.45) is 5.92 Å². The number of H-pyrrole nitrogens is 1. The molecule has 2 N–H and O–H groups in total. The Bertz CT molecular complexity index is 1700. The number of carbonyl (C=O) groups is 3. The van der Waals surface area contributed by atoms with Crippen LogP contribution in [-0.2, 0) is 19.7 Å². The quantitative estimate of drug-likeness (QED) is 0.332. The normalized spacial score (nSPS) is 25.3. The second-order valence-corrected chi connectivity index (χ2v) is 14.5. The number of halogens is 2. The number of fused-ring (bicyclic) bond motifs is 5. The minimum absolute atomic E-state index is 0.254. The van der Waals surface area contributed by atoms with Gasteiger partial charge in [-0.3, -0.25) is 9.59 Å². The zero-order valence-electron chi connectivity index (χ0n) is 25.0. The molecule has 2 aromatic carbocycles. The molecule has 7 rings (SSSR count). The molecule has 2 unspecified atom stereocenters. The summed E-state index contributed by atoms with van der Waals surface area (Å²) in [7, 11) is 0. The molecule has 2 aliphatic heterocycles. The minimum Gasteiger partial charge on any atom is -0.444 e. The summed E-state index contributed by atoms with van der Waals surface area (Å²) in [6, 6.07) is 12.1. The number of aromatic amines is 1. The smallest absolute Gasteiger partial charge is 0.410 e. The van der Waals surface area contributed by atoms with Crippen LogP contribution in [-0.4, -0.2) is 69.6 Å². The van der Waals surface area contributed by atoms with E-state index in [-0.39, 0.29) is 30.2 Å². The first-order chi connectivity index (χ1) is 20.9. The lowest BCUT2D eigenvalue weighted by Gasteiger charge is -2.39. The second kappa shape index (κ2) is 10.5. The van der Waals surface area contributed by atoms with Crippen molar-refractivity contribution in [1.82, 2.24) is 14.8 Å². The molecule has 2 saturated heterocycles. The van der Waals surface area contributed by atoms with Crippen LogP contribution in [0.3, 0.4) is 0 Å². The topological polar surface area (TPSA) is 94.7 Å². The van der Waals surface area contributed by atoms with Crippen LogP contribution in [0.5, 0.6) is 0 Å². The average Bonchev–Trinajstić information content (AvgIpc) is 3.74. The van der Waals surface area contributed by atoms with Gasteiger partial charge in [-0.1, -0.05) is 46.3 Å². The van der Waals surface area contributed by atoms with Crippen LogP contribution in [0, 0.1) is 5.92 Å². The molecule has 3 heterocycles. The number of anilines is 1. The van der Waals surface area contributed by atoms with E-state index in [1.807, 2.05) is 75.5 Å². The molecule has 3 aromatic rings. The van der Waals surface area contributed by atoms with E-state index in [0.717, 1.165) is 26.5 Å². The predicted molar refractivity (Wildman–Crippen MR) is 170 cm³/mol. The van der Waals surface area contributed by atoms with Crippen LogP contribution in [0.1, 0.15) is 57.6 Å². The summed E-state index contributed by atoms with van der Waals surface area (Å²) < 4.78 is 21.7. The Kier molecular flexibility index (Phi) is 6.91. The molecule has 3 amide bonds. The number of nitrogens with one attached hydrogen (secondary N) is 2. The number of hydrogen-bond donors (Lipinski definition) is 2. The molecule has 1 aromatic heterocycles. The highest BCUT2D eigenvalue weighted by Gasteiger charge is 2.57. The third-order valence-corrected chi connectivity index (χ3v) is 10.2. The number of likely N-dealkylation sites (tertiary alicyclic amines) is 2. The minimum atomic E-state index is -1.17. The Morgan fingerprint density at radius 1 is 1.09 bits per heavy atom. The lowest BCUT2D eigenvalue weighted by molar-refractivity contribution is -0.137. The Morgan fingerprint density at radius 3 is 2.59 bits per heavy atom. The third-order valence-electron chi connectivity index (χ3n) is 9.70. The van der Waals surface area contributed by atoms with Gasteiger partial charge in [-0.15, -0.1) is 0 Å². The highest BCUT2D eigenvalue weighted by Crippen LogP contribution is 2.51. The van der Waals surface area contributed by atoms with E-state index in [4.69, 9.17) is 4.74 Å². The van der Waals surface area contributed by atoms with Crippen LogP contribution in [0.4, 0.5) is 14.9 Å². The number of allylic oxidation sites excluding steroid dienone is 1. The summed E-state index contributed by atoms with van der Waals surface area (Å²) in [5, 5.41) is 3.92. The molecule has 44 heavy (non-hydrogen) atoms. The van der Waals surface area contributed by atoms with Crippen LogP contribution in [0.2, 0.25) is 0 Å². The van der Waals surface area contributed by atoms with Crippen molar-refractivity contribution in [2.75, 3.05) is 18.4 Å². The largest absolute Gasteiger partial charge is 0.444 e. The predicted octanol–water partition coefficient (Wildman–Crippen LogP) is 6.56. The fraction of sp³-hybridized carbons (Fsp3) is 0.441. The van der Waals surface area contributed by atoms with Gasteiger partial charge in [-0.25, -0.2) is 9.18 Å². The van der Waals surface area contributed by atoms with Crippen molar-refractivity contribution in [3.05, 3.63) is 70.3 Å². The summed E-state index contributed by atoms with van der Waals surface area (Å²) in [6.45, 7) is 6.54. The Hall–Kier alpha value is -3.66. The average molecular weight is 664 g/mol.